The Morgan fingerprint density at radius 1 is 1.05 bits per heavy atom. The van der Waals surface area contributed by atoms with Crippen molar-refractivity contribution in [3.05, 3.63) is 61.0 Å². The van der Waals surface area contributed by atoms with Crippen LogP contribution in [0, 0.1) is 0 Å². The molecule has 0 aliphatic carbocycles. The summed E-state index contributed by atoms with van der Waals surface area (Å²) >= 11 is 19.0. The van der Waals surface area contributed by atoms with Crippen LogP contribution in [0.4, 0.5) is 5.69 Å². The summed E-state index contributed by atoms with van der Waals surface area (Å²) in [5.74, 6) is 0. The average Bonchev–Trinajstić information content (AvgIpc) is 2.43. The Morgan fingerprint density at radius 2 is 1.75 bits per heavy atom. The number of nitrogens with two attached hydrogens (primary N) is 1. The Labute approximate surface area is 144 Å². The highest BCUT2D eigenvalue weighted by molar-refractivity contribution is 9.10. The number of nitrogens with one attached hydrogen (secondary N) is 1. The molecule has 0 fully saturated rings. The van der Waals surface area contributed by atoms with E-state index in [0.717, 1.165) is 20.2 Å². The molecule has 0 aliphatic rings. The van der Waals surface area contributed by atoms with Crippen LogP contribution >= 0.6 is 55.1 Å². The van der Waals surface area contributed by atoms with Crippen LogP contribution in [-0.4, -0.2) is 6.54 Å². The molecule has 106 valence electrons. The SMILES string of the molecule is NCC(Nc1ccc(Br)c(Cl)c1)c1cc(Cl)ccc1Br. The molecule has 0 saturated carbocycles. The third-order valence-electron chi connectivity index (χ3n) is 2.83. The van der Waals surface area contributed by atoms with E-state index in [1.165, 1.54) is 0 Å². The molecule has 20 heavy (non-hydrogen) atoms. The first-order valence-electron chi connectivity index (χ1n) is 5.88. The van der Waals surface area contributed by atoms with Crippen molar-refractivity contribution in [2.24, 2.45) is 5.73 Å². The molecule has 0 aromatic heterocycles. The molecule has 3 N–H and O–H groups in total. The van der Waals surface area contributed by atoms with Crippen LogP contribution in [0.25, 0.3) is 0 Å². The summed E-state index contributed by atoms with van der Waals surface area (Å²) in [6, 6.07) is 11.3. The zero-order valence-corrected chi connectivity index (χ0v) is 15.0. The van der Waals surface area contributed by atoms with Crippen molar-refractivity contribution >= 4 is 60.7 Å². The summed E-state index contributed by atoms with van der Waals surface area (Å²) in [6.45, 7) is 0.437. The number of hydrogen-bond acceptors (Lipinski definition) is 2. The first-order chi connectivity index (χ1) is 9.51. The highest BCUT2D eigenvalue weighted by Gasteiger charge is 2.14. The van der Waals surface area contributed by atoms with Gasteiger partial charge in [-0.1, -0.05) is 39.1 Å². The van der Waals surface area contributed by atoms with E-state index in [0.29, 0.717) is 16.6 Å². The maximum Gasteiger partial charge on any atom is 0.0647 e. The number of halogens is 4. The summed E-state index contributed by atoms with van der Waals surface area (Å²) in [6.07, 6.45) is 0. The molecule has 6 heteroatoms. The van der Waals surface area contributed by atoms with Crippen LogP contribution in [0.2, 0.25) is 10.0 Å². The predicted octanol–water partition coefficient (Wildman–Crippen LogP) is 5.63. The summed E-state index contributed by atoms with van der Waals surface area (Å²) < 4.78 is 1.83. The van der Waals surface area contributed by atoms with E-state index in [9.17, 15) is 0 Å². The zero-order chi connectivity index (χ0) is 14.7. The van der Waals surface area contributed by atoms with Crippen molar-refractivity contribution < 1.29 is 0 Å². The number of anilines is 1. The quantitative estimate of drug-likeness (QED) is 0.649. The van der Waals surface area contributed by atoms with Gasteiger partial charge in [0.15, 0.2) is 0 Å². The Morgan fingerprint density at radius 3 is 2.40 bits per heavy atom. The van der Waals surface area contributed by atoms with Gasteiger partial charge in [-0.05, 0) is 57.9 Å². The van der Waals surface area contributed by atoms with Crippen LogP contribution in [0.3, 0.4) is 0 Å². The van der Waals surface area contributed by atoms with Gasteiger partial charge in [0, 0.05) is 26.2 Å². The fourth-order valence-electron chi connectivity index (χ4n) is 1.83. The van der Waals surface area contributed by atoms with Crippen molar-refractivity contribution in [2.75, 3.05) is 11.9 Å². The third kappa shape index (κ3) is 3.89. The average molecular weight is 439 g/mol. The lowest BCUT2D eigenvalue weighted by Crippen LogP contribution is -2.21. The number of rotatable bonds is 4. The van der Waals surface area contributed by atoms with Crippen LogP contribution < -0.4 is 11.1 Å². The normalized spacial score (nSPS) is 12.2. The van der Waals surface area contributed by atoms with E-state index in [1.54, 1.807) is 0 Å². The van der Waals surface area contributed by atoms with Gasteiger partial charge in [-0.15, -0.1) is 0 Å². The van der Waals surface area contributed by atoms with Crippen LogP contribution in [0.1, 0.15) is 11.6 Å². The minimum absolute atomic E-state index is 0.0553. The molecule has 0 radical (unpaired) electrons. The minimum Gasteiger partial charge on any atom is -0.377 e. The molecule has 2 aromatic rings. The first-order valence-corrected chi connectivity index (χ1v) is 8.22. The summed E-state index contributed by atoms with van der Waals surface area (Å²) in [4.78, 5) is 0. The van der Waals surface area contributed by atoms with Crippen LogP contribution in [-0.2, 0) is 0 Å². The Bertz CT molecular complexity index is 620. The van der Waals surface area contributed by atoms with Gasteiger partial charge in [-0.25, -0.2) is 0 Å². The van der Waals surface area contributed by atoms with Gasteiger partial charge in [0.25, 0.3) is 0 Å². The molecule has 0 bridgehead atoms. The maximum absolute atomic E-state index is 6.09. The molecule has 2 aromatic carbocycles. The second kappa shape index (κ2) is 7.14. The third-order valence-corrected chi connectivity index (χ3v) is 5.02. The van der Waals surface area contributed by atoms with E-state index >= 15 is 0 Å². The molecular weight excluding hydrogens is 427 g/mol. The van der Waals surface area contributed by atoms with Gasteiger partial charge in [-0.3, -0.25) is 0 Å². The van der Waals surface area contributed by atoms with Crippen molar-refractivity contribution in [3.8, 4) is 0 Å². The molecule has 0 amide bonds. The second-order valence-corrected chi connectivity index (χ2v) is 6.78. The van der Waals surface area contributed by atoms with E-state index in [2.05, 4.69) is 37.2 Å². The van der Waals surface area contributed by atoms with Gasteiger partial charge in [0.05, 0.1) is 11.1 Å². The standard InChI is InChI=1S/C14H12Br2Cl2N2/c15-11-3-1-8(17)5-10(11)14(7-19)20-9-2-4-12(16)13(18)6-9/h1-6,14,20H,7,19H2. The Kier molecular flexibility index (Phi) is 5.75. The van der Waals surface area contributed by atoms with Crippen molar-refractivity contribution in [1.29, 1.82) is 0 Å². The highest BCUT2D eigenvalue weighted by atomic mass is 79.9. The summed E-state index contributed by atoms with van der Waals surface area (Å²) in [7, 11) is 0. The fraction of sp³-hybridized carbons (Fsp3) is 0.143. The van der Waals surface area contributed by atoms with Gasteiger partial charge in [0.2, 0.25) is 0 Å². The molecule has 2 nitrogen and oxygen atoms in total. The van der Waals surface area contributed by atoms with Gasteiger partial charge < -0.3 is 11.1 Å². The Hall–Kier alpha value is -0.260. The molecule has 0 saturated heterocycles. The highest BCUT2D eigenvalue weighted by Crippen LogP contribution is 2.31. The second-order valence-electron chi connectivity index (χ2n) is 4.23. The van der Waals surface area contributed by atoms with Crippen molar-refractivity contribution in [2.45, 2.75) is 6.04 Å². The molecule has 1 atom stereocenters. The Balaban J connectivity index is 2.28. The maximum atomic E-state index is 6.09. The molecule has 2 rings (SSSR count). The summed E-state index contributed by atoms with van der Waals surface area (Å²) in [5, 5.41) is 4.69. The topological polar surface area (TPSA) is 38.0 Å². The molecule has 0 aliphatic heterocycles. The fourth-order valence-corrected chi connectivity index (χ4v) is 2.96. The lowest BCUT2D eigenvalue weighted by molar-refractivity contribution is 0.786. The lowest BCUT2D eigenvalue weighted by atomic mass is 10.1. The van der Waals surface area contributed by atoms with Gasteiger partial charge in [0.1, 0.15) is 0 Å². The van der Waals surface area contributed by atoms with E-state index in [-0.39, 0.29) is 6.04 Å². The van der Waals surface area contributed by atoms with Gasteiger partial charge >= 0.3 is 0 Å². The lowest BCUT2D eigenvalue weighted by Gasteiger charge is -2.20. The smallest absolute Gasteiger partial charge is 0.0647 e. The monoisotopic (exact) mass is 436 g/mol. The van der Waals surface area contributed by atoms with E-state index in [4.69, 9.17) is 28.9 Å². The number of benzene rings is 2. The molecule has 0 spiro atoms. The molecular formula is C14H12Br2Cl2N2. The first kappa shape index (κ1) is 16.1. The largest absolute Gasteiger partial charge is 0.377 e. The zero-order valence-electron chi connectivity index (χ0n) is 10.3. The number of hydrogen-bond donors (Lipinski definition) is 2. The van der Waals surface area contributed by atoms with Crippen LogP contribution in [0.5, 0.6) is 0 Å². The van der Waals surface area contributed by atoms with Crippen LogP contribution in [0.15, 0.2) is 45.3 Å². The summed E-state index contributed by atoms with van der Waals surface area (Å²) in [5.41, 5.74) is 7.79. The molecule has 0 heterocycles. The van der Waals surface area contributed by atoms with Crippen molar-refractivity contribution in [3.63, 3.8) is 0 Å². The van der Waals surface area contributed by atoms with Gasteiger partial charge in [-0.2, -0.15) is 0 Å². The predicted molar refractivity (Wildman–Crippen MR) is 93.7 cm³/mol. The minimum atomic E-state index is -0.0553. The van der Waals surface area contributed by atoms with E-state index < -0.39 is 0 Å². The van der Waals surface area contributed by atoms with Crippen molar-refractivity contribution in [1.82, 2.24) is 0 Å². The van der Waals surface area contributed by atoms with E-state index in [1.807, 2.05) is 36.4 Å². The molecule has 1 unspecified atom stereocenters.